The monoisotopic (exact) mass is 1220 g/mol. The van der Waals surface area contributed by atoms with E-state index in [0.29, 0.717) is 75.1 Å². The Labute approximate surface area is 512 Å². The van der Waals surface area contributed by atoms with Gasteiger partial charge in [-0.1, -0.05) is 52.2 Å². The van der Waals surface area contributed by atoms with Crippen LogP contribution in [0.4, 0.5) is 15.3 Å². The number of carbonyl (C=O) groups excluding carboxylic acids is 8. The number of cyclic esters (lactones) is 1. The lowest BCUT2D eigenvalue weighted by atomic mass is 9.78. The fourth-order valence-corrected chi connectivity index (χ4v) is 10.9. The Morgan fingerprint density at radius 1 is 0.852 bits per heavy atom. The number of hydrogen-bond donors (Lipinski definition) is 6. The molecule has 0 saturated carbocycles. The van der Waals surface area contributed by atoms with Crippen LogP contribution in [0.2, 0.25) is 0 Å². The number of urea groups is 1. The van der Waals surface area contributed by atoms with Gasteiger partial charge in [0.25, 0.3) is 5.91 Å². The van der Waals surface area contributed by atoms with Crippen molar-refractivity contribution in [2.24, 2.45) is 11.7 Å². The normalized spacial score (nSPS) is 18.5. The molecule has 25 nitrogen and oxygen atoms in total. The Morgan fingerprint density at radius 3 is 2.27 bits per heavy atom. The summed E-state index contributed by atoms with van der Waals surface area (Å²) < 4.78 is 50.2. The number of amides is 7. The summed E-state index contributed by atoms with van der Waals surface area (Å²) in [7, 11) is 1.60. The maximum atomic E-state index is 14.3. The molecule has 1 aliphatic carbocycles. The van der Waals surface area contributed by atoms with Gasteiger partial charge in [-0.15, -0.1) is 5.92 Å². The Morgan fingerprint density at radius 2 is 1.58 bits per heavy atom. The Hall–Kier alpha value is -7.89. The standard InChI is InChI=1S/C63H84N8O17/c1-6-45-46-34-44(80-5)21-22-50(46)68-56-47(45)36-71-52(56)35-49-48(59(71)76)38-86-60(77)63(49,7-2)88-62(79)87-37-41-17-19-42(20-18-41)67-57(74)51(16-13-24-66-61(64)78)69-58(75)55(40(3)4)70-53(72)23-26-81-28-30-83-32-33-84-31-29-82-27-25-65-54(73)39-85-43-14-11-9-8-10-12-15-43/h17-22,34,40,43,51-52,55H,6-11,13-14,16,23-33,35-39H2,1-5H3,(H,65,73)(H,67,74)(H,69,75)(H,70,72)(H3,64,66,78)/t43?,51-,52?,55-,63-/m0/s1. The minimum Gasteiger partial charge on any atom is -0.497 e. The largest absolute Gasteiger partial charge is 0.510 e. The number of anilines is 1. The molecule has 5 atom stereocenters. The number of benzene rings is 2. The number of pyridine rings is 1. The van der Waals surface area contributed by atoms with E-state index in [0.717, 1.165) is 59.8 Å². The molecule has 0 radical (unpaired) electrons. The topological polar surface area (TPSA) is 322 Å². The smallest absolute Gasteiger partial charge is 0.497 e. The lowest BCUT2D eigenvalue weighted by molar-refractivity contribution is -0.168. The number of ether oxygens (including phenoxy) is 9. The van der Waals surface area contributed by atoms with Crippen LogP contribution in [0.3, 0.4) is 0 Å². The van der Waals surface area contributed by atoms with E-state index >= 15 is 0 Å². The number of nitrogens with zero attached hydrogens (tertiary/aromatic N) is 2. The van der Waals surface area contributed by atoms with Gasteiger partial charge in [-0.2, -0.15) is 0 Å². The van der Waals surface area contributed by atoms with Gasteiger partial charge < -0.3 is 79.8 Å². The number of carbonyl (C=O) groups is 8. The molecule has 478 valence electrons. The van der Waals surface area contributed by atoms with E-state index in [1.807, 2.05) is 25.1 Å². The average molecular weight is 1230 g/mol. The van der Waals surface area contributed by atoms with E-state index in [-0.39, 0.29) is 108 Å². The Balaban J connectivity index is 0.814. The van der Waals surface area contributed by atoms with Gasteiger partial charge in [-0.25, -0.2) is 14.4 Å². The number of aromatic nitrogens is 1. The van der Waals surface area contributed by atoms with Crippen LogP contribution in [-0.4, -0.2) is 168 Å². The number of esters is 1. The van der Waals surface area contributed by atoms with Crippen LogP contribution in [0.25, 0.3) is 10.9 Å². The molecular formula is C63H84N8O17. The summed E-state index contributed by atoms with van der Waals surface area (Å²) >= 11 is 0. The molecule has 0 bridgehead atoms. The van der Waals surface area contributed by atoms with Gasteiger partial charge in [0, 0.05) is 43.5 Å². The summed E-state index contributed by atoms with van der Waals surface area (Å²) in [5.74, 6) is 3.52. The SMILES string of the molecule is CCc1c2c(nc3ccc(OC)cc13)C1CC3=C(COC(=O)[C@@]3(CC)OC(=O)OCc3ccc(NC(=O)[C@H](CCCNC(N)=O)NC(=O)[C@@H](NC(=O)CCOCCOCCOCCOCCNC(=O)COC4C#CCCCCC4)C(C)C)cc3)C(=O)N1C2. The molecule has 0 saturated heterocycles. The van der Waals surface area contributed by atoms with Gasteiger partial charge in [0.2, 0.25) is 29.2 Å². The van der Waals surface area contributed by atoms with E-state index in [9.17, 15) is 38.4 Å². The number of nitrogens with two attached hydrogens (primary N) is 1. The third-order valence-electron chi connectivity index (χ3n) is 15.6. The van der Waals surface area contributed by atoms with Crippen molar-refractivity contribution < 1.29 is 81.0 Å². The number of aryl methyl sites for hydroxylation is 1. The summed E-state index contributed by atoms with van der Waals surface area (Å²) in [4.78, 5) is 112. The highest BCUT2D eigenvalue weighted by atomic mass is 16.7. The van der Waals surface area contributed by atoms with Crippen LogP contribution in [0.5, 0.6) is 5.75 Å². The van der Waals surface area contributed by atoms with E-state index < -0.39 is 59.6 Å². The van der Waals surface area contributed by atoms with Crippen molar-refractivity contribution >= 4 is 64.3 Å². The van der Waals surface area contributed by atoms with Crippen molar-refractivity contribution in [1.82, 2.24) is 31.2 Å². The number of rotatable bonds is 34. The Bertz CT molecular complexity index is 3040. The lowest BCUT2D eigenvalue weighted by Crippen LogP contribution is -2.54. The number of fused-ring (bicyclic) bond motifs is 4. The summed E-state index contributed by atoms with van der Waals surface area (Å²) in [6.45, 7) is 9.66. The number of primary amides is 1. The van der Waals surface area contributed by atoms with Gasteiger partial charge in [0.05, 0.1) is 82.8 Å². The highest BCUT2D eigenvalue weighted by Gasteiger charge is 2.56. The van der Waals surface area contributed by atoms with E-state index in [1.54, 1.807) is 57.0 Å². The highest BCUT2D eigenvalue weighted by molar-refractivity contribution is 6.02. The highest BCUT2D eigenvalue weighted by Crippen LogP contribution is 2.50. The predicted octanol–water partition coefficient (Wildman–Crippen LogP) is 4.89. The van der Waals surface area contributed by atoms with E-state index in [2.05, 4.69) is 38.4 Å². The fraction of sp³-hybridized carbons (Fsp3) is 0.571. The summed E-state index contributed by atoms with van der Waals surface area (Å²) in [5.41, 5.74) is 8.22. The third-order valence-corrected chi connectivity index (χ3v) is 15.6. The van der Waals surface area contributed by atoms with Gasteiger partial charge in [-0.3, -0.25) is 29.0 Å². The van der Waals surface area contributed by atoms with Crippen LogP contribution in [-0.2, 0) is 86.2 Å². The molecular weight excluding hydrogens is 1140 g/mol. The molecule has 2 aromatic carbocycles. The zero-order valence-corrected chi connectivity index (χ0v) is 51.0. The van der Waals surface area contributed by atoms with Crippen molar-refractivity contribution in [3.05, 3.63) is 76.0 Å². The molecule has 4 aliphatic rings. The van der Waals surface area contributed by atoms with Gasteiger partial charge in [0.1, 0.15) is 43.8 Å². The number of methoxy groups -OCH3 is 1. The van der Waals surface area contributed by atoms with Crippen molar-refractivity contribution in [1.29, 1.82) is 0 Å². The first kappa shape index (κ1) is 67.6. The zero-order valence-electron chi connectivity index (χ0n) is 51.0. The molecule has 7 amide bonds. The average Bonchev–Trinajstić information content (AvgIpc) is 1.61. The van der Waals surface area contributed by atoms with Crippen LogP contribution in [0, 0.1) is 17.8 Å². The molecule has 7 N–H and O–H groups in total. The fourth-order valence-electron chi connectivity index (χ4n) is 10.9. The number of hydrogen-bond acceptors (Lipinski definition) is 18. The van der Waals surface area contributed by atoms with Crippen LogP contribution in [0.1, 0.15) is 120 Å². The summed E-state index contributed by atoms with van der Waals surface area (Å²) in [6, 6.07) is 8.60. The minimum atomic E-state index is -1.93. The minimum absolute atomic E-state index is 0.0327. The van der Waals surface area contributed by atoms with Crippen LogP contribution in [0.15, 0.2) is 53.6 Å². The first-order chi connectivity index (χ1) is 42.5. The Kier molecular flexibility index (Phi) is 26.1. The predicted molar refractivity (Wildman–Crippen MR) is 320 cm³/mol. The second-order valence-electron chi connectivity index (χ2n) is 21.9. The second kappa shape index (κ2) is 34.0. The molecule has 3 aliphatic heterocycles. The van der Waals surface area contributed by atoms with Crippen LogP contribution < -0.4 is 37.1 Å². The molecule has 3 aromatic rings. The van der Waals surface area contributed by atoms with Crippen molar-refractivity contribution in [3.63, 3.8) is 0 Å². The maximum Gasteiger partial charge on any atom is 0.510 e. The van der Waals surface area contributed by atoms with E-state index in [1.165, 1.54) is 0 Å². The molecule has 2 unspecified atom stereocenters. The molecule has 25 heteroatoms. The van der Waals surface area contributed by atoms with Gasteiger partial charge >= 0.3 is 18.2 Å². The van der Waals surface area contributed by atoms with Crippen molar-refractivity contribution in [2.75, 3.05) is 91.6 Å². The lowest BCUT2D eigenvalue weighted by Gasteiger charge is -2.42. The third kappa shape index (κ3) is 18.8. The molecule has 4 heterocycles. The van der Waals surface area contributed by atoms with E-state index in [4.69, 9.17) is 53.3 Å². The van der Waals surface area contributed by atoms with Crippen molar-refractivity contribution in [3.8, 4) is 17.6 Å². The number of nitrogens with one attached hydrogen (secondary N) is 5. The van der Waals surface area contributed by atoms with Crippen LogP contribution >= 0.6 is 0 Å². The molecule has 88 heavy (non-hydrogen) atoms. The molecule has 0 spiro atoms. The zero-order chi connectivity index (χ0) is 63.0. The first-order valence-electron chi connectivity index (χ1n) is 30.3. The van der Waals surface area contributed by atoms with Gasteiger partial charge in [-0.05, 0) is 110 Å². The molecule has 1 aromatic heterocycles. The molecule has 7 rings (SSSR count). The maximum absolute atomic E-state index is 14.3. The summed E-state index contributed by atoms with van der Waals surface area (Å²) in [6.07, 6.45) is 4.77. The first-order valence-corrected chi connectivity index (χ1v) is 30.3. The summed E-state index contributed by atoms with van der Waals surface area (Å²) in [5, 5.41) is 14.5. The quantitative estimate of drug-likeness (QED) is 0.0263. The van der Waals surface area contributed by atoms with Gasteiger partial charge in [0.15, 0.2) is 0 Å². The second-order valence-corrected chi connectivity index (χ2v) is 21.9. The molecule has 0 fully saturated rings. The van der Waals surface area contributed by atoms with Crippen molar-refractivity contribution in [2.45, 2.75) is 141 Å².